The van der Waals surface area contributed by atoms with Gasteiger partial charge in [0.05, 0.1) is 25.1 Å². The fraction of sp³-hybridized carbons (Fsp3) is 0.350. The minimum atomic E-state index is -3.64. The van der Waals surface area contributed by atoms with Gasteiger partial charge in [-0.1, -0.05) is 30.3 Å². The third kappa shape index (κ3) is 5.01. The van der Waals surface area contributed by atoms with E-state index >= 15 is 0 Å². The summed E-state index contributed by atoms with van der Waals surface area (Å²) in [6, 6.07) is 13.2. The van der Waals surface area contributed by atoms with Crippen LogP contribution in [0.2, 0.25) is 0 Å². The lowest BCUT2D eigenvalue weighted by atomic mass is 10.1. The second-order valence-electron chi connectivity index (χ2n) is 6.55. The lowest BCUT2D eigenvalue weighted by molar-refractivity contribution is -0.122. The van der Waals surface area contributed by atoms with Gasteiger partial charge < -0.3 is 10.1 Å². The van der Waals surface area contributed by atoms with Crippen molar-refractivity contribution in [1.29, 1.82) is 0 Å². The molecule has 6 nitrogen and oxygen atoms in total. The van der Waals surface area contributed by atoms with Gasteiger partial charge in [-0.2, -0.15) is 0 Å². The van der Waals surface area contributed by atoms with Gasteiger partial charge in [-0.05, 0) is 44.5 Å². The van der Waals surface area contributed by atoms with Crippen molar-refractivity contribution in [2.75, 3.05) is 17.7 Å². The molecule has 0 aliphatic heterocycles. The number of para-hydroxylation sites is 1. The molecule has 0 heterocycles. The predicted molar refractivity (Wildman–Crippen MR) is 108 cm³/mol. The summed E-state index contributed by atoms with van der Waals surface area (Å²) < 4.78 is 31.2. The molecule has 0 fully saturated rings. The molecule has 146 valence electrons. The van der Waals surface area contributed by atoms with Gasteiger partial charge in [0.15, 0.2) is 0 Å². The number of sulfonamides is 1. The second-order valence-corrected chi connectivity index (χ2v) is 8.41. The van der Waals surface area contributed by atoms with E-state index in [-0.39, 0.29) is 11.9 Å². The molecule has 0 saturated heterocycles. The number of ether oxygens (including phenoxy) is 1. The van der Waals surface area contributed by atoms with E-state index in [2.05, 4.69) is 5.32 Å². The topological polar surface area (TPSA) is 75.7 Å². The number of hydrogen-bond acceptors (Lipinski definition) is 4. The number of hydrogen-bond donors (Lipinski definition) is 1. The summed E-state index contributed by atoms with van der Waals surface area (Å²) in [6.45, 7) is 5.28. The van der Waals surface area contributed by atoms with Crippen molar-refractivity contribution >= 4 is 21.6 Å². The zero-order chi connectivity index (χ0) is 20.2. The molecule has 1 amide bonds. The average molecular weight is 391 g/mol. The Balaban J connectivity index is 2.27. The van der Waals surface area contributed by atoms with Gasteiger partial charge in [0, 0.05) is 5.56 Å². The Morgan fingerprint density at radius 3 is 2.37 bits per heavy atom. The number of carbonyl (C=O) groups is 1. The molecule has 0 aliphatic rings. The maximum atomic E-state index is 12.8. The Morgan fingerprint density at radius 2 is 1.78 bits per heavy atom. The molecule has 0 radical (unpaired) electrons. The first-order chi connectivity index (χ1) is 12.6. The maximum Gasteiger partial charge on any atom is 0.244 e. The van der Waals surface area contributed by atoms with Gasteiger partial charge in [-0.25, -0.2) is 8.42 Å². The highest BCUT2D eigenvalue weighted by Crippen LogP contribution is 2.26. The van der Waals surface area contributed by atoms with Crippen molar-refractivity contribution in [3.63, 3.8) is 0 Å². The van der Waals surface area contributed by atoms with Crippen LogP contribution in [0.25, 0.3) is 0 Å². The summed E-state index contributed by atoms with van der Waals surface area (Å²) in [5, 5.41) is 2.88. The SMILES string of the molecule is COc1ccccc1[C@H](C)NC(=O)[C@H](C)N(c1cccc(C)c1)S(C)(=O)=O. The lowest BCUT2D eigenvalue weighted by Gasteiger charge is -2.29. The minimum absolute atomic E-state index is 0.338. The van der Waals surface area contributed by atoms with Crippen molar-refractivity contribution in [1.82, 2.24) is 5.32 Å². The van der Waals surface area contributed by atoms with Crippen LogP contribution >= 0.6 is 0 Å². The molecule has 2 atom stereocenters. The highest BCUT2D eigenvalue weighted by Gasteiger charge is 2.30. The van der Waals surface area contributed by atoms with Gasteiger partial charge in [-0.15, -0.1) is 0 Å². The Kier molecular flexibility index (Phi) is 6.49. The van der Waals surface area contributed by atoms with E-state index in [9.17, 15) is 13.2 Å². The predicted octanol–water partition coefficient (Wildman–Crippen LogP) is 3.04. The van der Waals surface area contributed by atoms with Crippen LogP contribution in [0.3, 0.4) is 0 Å². The molecule has 27 heavy (non-hydrogen) atoms. The van der Waals surface area contributed by atoms with Crippen LogP contribution in [-0.2, 0) is 14.8 Å². The maximum absolute atomic E-state index is 12.8. The molecule has 0 saturated carbocycles. The van der Waals surface area contributed by atoms with Gasteiger partial charge >= 0.3 is 0 Å². The third-order valence-electron chi connectivity index (χ3n) is 4.31. The Hall–Kier alpha value is -2.54. The van der Waals surface area contributed by atoms with Crippen molar-refractivity contribution < 1.29 is 17.9 Å². The smallest absolute Gasteiger partial charge is 0.244 e. The zero-order valence-corrected chi connectivity index (χ0v) is 17.1. The Labute approximate surface area is 161 Å². The first-order valence-corrected chi connectivity index (χ1v) is 10.5. The van der Waals surface area contributed by atoms with E-state index in [4.69, 9.17) is 4.74 Å². The van der Waals surface area contributed by atoms with Gasteiger partial charge in [-0.3, -0.25) is 9.10 Å². The highest BCUT2D eigenvalue weighted by atomic mass is 32.2. The molecule has 0 aliphatic carbocycles. The van der Waals surface area contributed by atoms with Crippen molar-refractivity contribution in [2.45, 2.75) is 32.9 Å². The van der Waals surface area contributed by atoms with Crippen LogP contribution in [0.5, 0.6) is 5.75 Å². The number of nitrogens with one attached hydrogen (secondary N) is 1. The van der Waals surface area contributed by atoms with Gasteiger partial charge in [0.25, 0.3) is 0 Å². The standard InChI is InChI=1S/C20H26N2O4S/c1-14-9-8-10-17(13-14)22(27(5,24)25)16(3)20(23)21-15(2)18-11-6-7-12-19(18)26-4/h6-13,15-16H,1-5H3,(H,21,23)/t15-,16-/m0/s1. The lowest BCUT2D eigenvalue weighted by Crippen LogP contribution is -2.48. The quantitative estimate of drug-likeness (QED) is 0.788. The molecular weight excluding hydrogens is 364 g/mol. The molecule has 1 N–H and O–H groups in total. The van der Waals surface area contributed by atoms with E-state index in [1.54, 1.807) is 32.2 Å². The van der Waals surface area contributed by atoms with E-state index in [1.165, 1.54) is 0 Å². The van der Waals surface area contributed by atoms with Crippen LogP contribution in [0.1, 0.15) is 31.0 Å². The van der Waals surface area contributed by atoms with Gasteiger partial charge in [0.2, 0.25) is 15.9 Å². The fourth-order valence-electron chi connectivity index (χ4n) is 3.01. The number of aryl methyl sites for hydroxylation is 1. The van der Waals surface area contributed by atoms with Crippen LogP contribution in [-0.4, -0.2) is 33.7 Å². The molecule has 0 aromatic heterocycles. The Morgan fingerprint density at radius 1 is 1.11 bits per heavy atom. The van der Waals surface area contributed by atoms with Crippen LogP contribution in [0.4, 0.5) is 5.69 Å². The number of benzene rings is 2. The van der Waals surface area contributed by atoms with Crippen molar-refractivity contribution in [3.8, 4) is 5.75 Å². The van der Waals surface area contributed by atoms with Gasteiger partial charge in [0.1, 0.15) is 11.8 Å². The molecule has 2 aromatic rings. The summed E-state index contributed by atoms with van der Waals surface area (Å²) in [6.07, 6.45) is 1.10. The molecule has 0 unspecified atom stereocenters. The molecule has 0 bridgehead atoms. The average Bonchev–Trinajstić information content (AvgIpc) is 2.60. The summed E-state index contributed by atoms with van der Waals surface area (Å²) in [4.78, 5) is 12.8. The second kappa shape index (κ2) is 8.43. The summed E-state index contributed by atoms with van der Waals surface area (Å²) in [5.41, 5.74) is 2.20. The monoisotopic (exact) mass is 390 g/mol. The molecular formula is C20H26N2O4S. The third-order valence-corrected chi connectivity index (χ3v) is 5.55. The van der Waals surface area contributed by atoms with E-state index in [0.717, 1.165) is 21.7 Å². The van der Waals surface area contributed by atoms with Crippen LogP contribution in [0.15, 0.2) is 48.5 Å². The number of nitrogens with zero attached hydrogens (tertiary/aromatic N) is 1. The largest absolute Gasteiger partial charge is 0.496 e. The highest BCUT2D eigenvalue weighted by molar-refractivity contribution is 7.92. The van der Waals surface area contributed by atoms with Crippen LogP contribution < -0.4 is 14.4 Å². The molecule has 0 spiro atoms. The normalized spacial score (nSPS) is 13.5. The van der Waals surface area contributed by atoms with E-state index in [0.29, 0.717) is 11.4 Å². The molecule has 2 rings (SSSR count). The molecule has 7 heteroatoms. The summed E-state index contributed by atoms with van der Waals surface area (Å²) >= 11 is 0. The number of anilines is 1. The number of carbonyl (C=O) groups excluding carboxylic acids is 1. The Bertz CT molecular complexity index is 912. The first kappa shape index (κ1) is 20.8. The summed E-state index contributed by atoms with van der Waals surface area (Å²) in [5.74, 6) is 0.275. The van der Waals surface area contributed by atoms with Crippen molar-refractivity contribution in [2.24, 2.45) is 0 Å². The minimum Gasteiger partial charge on any atom is -0.496 e. The molecule has 2 aromatic carbocycles. The first-order valence-electron chi connectivity index (χ1n) is 8.64. The fourth-order valence-corrected chi connectivity index (χ4v) is 4.18. The number of amides is 1. The van der Waals surface area contributed by atoms with E-state index < -0.39 is 16.1 Å². The summed E-state index contributed by atoms with van der Waals surface area (Å²) in [7, 11) is -2.08. The van der Waals surface area contributed by atoms with Crippen LogP contribution in [0, 0.1) is 6.92 Å². The number of rotatable bonds is 7. The van der Waals surface area contributed by atoms with Crippen molar-refractivity contribution in [3.05, 3.63) is 59.7 Å². The zero-order valence-electron chi connectivity index (χ0n) is 16.3. The van der Waals surface area contributed by atoms with E-state index in [1.807, 2.05) is 44.2 Å². The number of methoxy groups -OCH3 is 1.